The monoisotopic (exact) mass is 210 g/mol. The average Bonchev–Trinajstić information content (AvgIpc) is 1.86. The molecular weight excluding hydrogens is 200 g/mol. The fourth-order valence-electron chi connectivity index (χ4n) is 0.418. The first-order chi connectivity index (χ1) is 4.54. The lowest BCUT2D eigenvalue weighted by atomic mass is 10.1. The minimum atomic E-state index is -0.642. The van der Waals surface area contributed by atoms with Gasteiger partial charge in [-0.05, 0) is 13.8 Å². The van der Waals surface area contributed by atoms with Crippen LogP contribution in [-0.4, -0.2) is 28.6 Å². The number of rotatable bonds is 4. The quantitative estimate of drug-likeness (QED) is 0.549. The molecule has 1 atom stereocenters. The van der Waals surface area contributed by atoms with E-state index in [1.807, 2.05) is 0 Å². The van der Waals surface area contributed by atoms with Crippen LogP contribution in [-0.2, 0) is 9.53 Å². The molecular formula is C6H11BrO3. The van der Waals surface area contributed by atoms with Crippen LogP contribution in [0.4, 0.5) is 0 Å². The van der Waals surface area contributed by atoms with E-state index < -0.39 is 5.60 Å². The number of aliphatic hydroxyl groups excluding tert-OH is 1. The Morgan fingerprint density at radius 2 is 2.30 bits per heavy atom. The van der Waals surface area contributed by atoms with Gasteiger partial charge in [0.25, 0.3) is 6.47 Å². The Morgan fingerprint density at radius 1 is 1.80 bits per heavy atom. The molecule has 0 radical (unpaired) electrons. The number of alkyl halides is 1. The lowest BCUT2D eigenvalue weighted by molar-refractivity contribution is -0.140. The highest BCUT2D eigenvalue weighted by atomic mass is 79.9. The molecule has 0 heterocycles. The predicted molar refractivity (Wildman–Crippen MR) is 41.0 cm³/mol. The van der Waals surface area contributed by atoms with Crippen molar-refractivity contribution in [3.8, 4) is 0 Å². The number of carbonyl (C=O) groups is 1. The summed E-state index contributed by atoms with van der Waals surface area (Å²) in [7, 11) is 0. The summed E-state index contributed by atoms with van der Waals surface area (Å²) in [5.41, 5.74) is -0.642. The van der Waals surface area contributed by atoms with E-state index in [9.17, 15) is 4.79 Å². The van der Waals surface area contributed by atoms with Crippen molar-refractivity contribution in [1.82, 2.24) is 0 Å². The molecule has 60 valence electrons. The molecule has 1 unspecified atom stereocenters. The molecule has 0 spiro atoms. The van der Waals surface area contributed by atoms with Gasteiger partial charge in [-0.15, -0.1) is 0 Å². The third-order valence-corrected chi connectivity index (χ3v) is 2.66. The summed E-state index contributed by atoms with van der Waals surface area (Å²) in [6, 6.07) is 0. The summed E-state index contributed by atoms with van der Waals surface area (Å²) in [6.45, 7) is 3.76. The molecule has 0 saturated carbocycles. The minimum Gasteiger partial charge on any atom is -0.461 e. The lowest BCUT2D eigenvalue weighted by Crippen LogP contribution is -2.37. The SMILES string of the molecule is CC(C)(OC=O)C(Br)CO. The average molecular weight is 211 g/mol. The third kappa shape index (κ3) is 2.66. The Hall–Kier alpha value is -0.0900. The maximum absolute atomic E-state index is 9.92. The van der Waals surface area contributed by atoms with Crippen molar-refractivity contribution < 1.29 is 14.6 Å². The maximum atomic E-state index is 9.92. The molecule has 0 aliphatic heterocycles. The van der Waals surface area contributed by atoms with Gasteiger partial charge in [-0.3, -0.25) is 4.79 Å². The van der Waals surface area contributed by atoms with Gasteiger partial charge in [-0.2, -0.15) is 0 Å². The molecule has 1 N–H and O–H groups in total. The Kier molecular flexibility index (Phi) is 3.89. The fraction of sp³-hybridized carbons (Fsp3) is 0.833. The van der Waals surface area contributed by atoms with Crippen LogP contribution < -0.4 is 0 Å². The van der Waals surface area contributed by atoms with Gasteiger partial charge < -0.3 is 9.84 Å². The van der Waals surface area contributed by atoms with Crippen molar-refractivity contribution in [2.45, 2.75) is 24.3 Å². The smallest absolute Gasteiger partial charge is 0.293 e. The first kappa shape index (κ1) is 9.91. The van der Waals surface area contributed by atoms with Gasteiger partial charge in [-0.1, -0.05) is 15.9 Å². The van der Waals surface area contributed by atoms with Crippen molar-refractivity contribution in [3.63, 3.8) is 0 Å². The number of halogens is 1. The lowest BCUT2D eigenvalue weighted by Gasteiger charge is -2.26. The molecule has 0 aromatic heterocycles. The number of hydrogen-bond acceptors (Lipinski definition) is 3. The molecule has 0 aliphatic rings. The van der Waals surface area contributed by atoms with Gasteiger partial charge in [0.15, 0.2) is 0 Å². The number of carbonyl (C=O) groups excluding carboxylic acids is 1. The second kappa shape index (κ2) is 3.93. The molecule has 0 aromatic carbocycles. The second-order valence-electron chi connectivity index (χ2n) is 2.47. The van der Waals surface area contributed by atoms with Crippen molar-refractivity contribution >= 4 is 22.4 Å². The van der Waals surface area contributed by atoms with Crippen LogP contribution in [0, 0.1) is 0 Å². The standard InChI is InChI=1S/C6H11BrO3/c1-6(2,10-4-9)5(7)3-8/h4-5,8H,3H2,1-2H3. The first-order valence-corrected chi connectivity index (χ1v) is 3.82. The molecule has 0 fully saturated rings. The summed E-state index contributed by atoms with van der Waals surface area (Å²) in [6.07, 6.45) is 0. The summed E-state index contributed by atoms with van der Waals surface area (Å²) in [4.78, 5) is 9.70. The van der Waals surface area contributed by atoms with Gasteiger partial charge >= 0.3 is 0 Å². The van der Waals surface area contributed by atoms with Crippen LogP contribution in [0.3, 0.4) is 0 Å². The van der Waals surface area contributed by atoms with E-state index in [1.165, 1.54) is 0 Å². The van der Waals surface area contributed by atoms with Crippen molar-refractivity contribution in [1.29, 1.82) is 0 Å². The van der Waals surface area contributed by atoms with Crippen LogP contribution in [0.1, 0.15) is 13.8 Å². The Morgan fingerprint density at radius 3 is 2.60 bits per heavy atom. The summed E-state index contributed by atoms with van der Waals surface area (Å²) in [5.74, 6) is 0. The Labute approximate surface area is 68.5 Å². The zero-order valence-corrected chi connectivity index (χ0v) is 7.59. The third-order valence-electron chi connectivity index (χ3n) is 1.27. The maximum Gasteiger partial charge on any atom is 0.293 e. The van der Waals surface area contributed by atoms with Gasteiger partial charge in [0.1, 0.15) is 5.60 Å². The van der Waals surface area contributed by atoms with Gasteiger partial charge in [0, 0.05) is 0 Å². The van der Waals surface area contributed by atoms with Gasteiger partial charge in [0.05, 0.1) is 11.4 Å². The summed E-state index contributed by atoms with van der Waals surface area (Å²) < 4.78 is 4.69. The molecule has 0 aromatic rings. The van der Waals surface area contributed by atoms with E-state index in [-0.39, 0.29) is 11.4 Å². The highest BCUT2D eigenvalue weighted by molar-refractivity contribution is 9.09. The number of aliphatic hydroxyl groups is 1. The predicted octanol–water partition coefficient (Wildman–Crippen LogP) is 0.694. The van der Waals surface area contributed by atoms with Crippen molar-refractivity contribution in [2.24, 2.45) is 0 Å². The highest BCUT2D eigenvalue weighted by Crippen LogP contribution is 2.20. The van der Waals surface area contributed by atoms with Gasteiger partial charge in [-0.25, -0.2) is 0 Å². The van der Waals surface area contributed by atoms with Gasteiger partial charge in [0.2, 0.25) is 0 Å². The summed E-state index contributed by atoms with van der Waals surface area (Å²) >= 11 is 3.17. The zero-order valence-electron chi connectivity index (χ0n) is 6.00. The van der Waals surface area contributed by atoms with E-state index in [2.05, 4.69) is 15.9 Å². The van der Waals surface area contributed by atoms with Crippen LogP contribution in [0.25, 0.3) is 0 Å². The Balaban J connectivity index is 3.94. The van der Waals surface area contributed by atoms with Crippen LogP contribution in [0.5, 0.6) is 0 Å². The van der Waals surface area contributed by atoms with E-state index in [0.717, 1.165) is 0 Å². The highest BCUT2D eigenvalue weighted by Gasteiger charge is 2.27. The van der Waals surface area contributed by atoms with E-state index in [4.69, 9.17) is 9.84 Å². The van der Waals surface area contributed by atoms with E-state index in [1.54, 1.807) is 13.8 Å². The second-order valence-corrected chi connectivity index (χ2v) is 3.57. The van der Waals surface area contributed by atoms with E-state index >= 15 is 0 Å². The molecule has 3 nitrogen and oxygen atoms in total. The summed E-state index contributed by atoms with van der Waals surface area (Å²) in [5, 5.41) is 8.65. The molecule has 0 aliphatic carbocycles. The first-order valence-electron chi connectivity index (χ1n) is 2.91. The normalized spacial score (nSPS) is 14.4. The molecule has 0 saturated heterocycles. The molecule has 0 amide bonds. The molecule has 0 rings (SSSR count). The van der Waals surface area contributed by atoms with Crippen LogP contribution in [0.2, 0.25) is 0 Å². The zero-order chi connectivity index (χ0) is 8.20. The molecule has 0 bridgehead atoms. The van der Waals surface area contributed by atoms with Crippen molar-refractivity contribution in [2.75, 3.05) is 6.61 Å². The molecule has 10 heavy (non-hydrogen) atoms. The van der Waals surface area contributed by atoms with Crippen molar-refractivity contribution in [3.05, 3.63) is 0 Å². The number of hydrogen-bond donors (Lipinski definition) is 1. The number of ether oxygens (including phenoxy) is 1. The largest absolute Gasteiger partial charge is 0.461 e. The minimum absolute atomic E-state index is 0.0547. The Bertz CT molecular complexity index is 114. The molecule has 4 heteroatoms. The van der Waals surface area contributed by atoms with Crippen LogP contribution >= 0.6 is 15.9 Å². The topological polar surface area (TPSA) is 46.5 Å². The van der Waals surface area contributed by atoms with E-state index in [0.29, 0.717) is 6.47 Å². The fourth-order valence-corrected chi connectivity index (χ4v) is 0.526. The van der Waals surface area contributed by atoms with Crippen LogP contribution in [0.15, 0.2) is 0 Å².